The van der Waals surface area contributed by atoms with Crippen molar-refractivity contribution in [1.82, 2.24) is 0 Å². The van der Waals surface area contributed by atoms with Gasteiger partial charge in [-0.15, -0.1) is 0 Å². The largest absolute Gasteiger partial charge is 0.462 e. The predicted octanol–water partition coefficient (Wildman–Crippen LogP) is -1.13. The molecule has 1 aliphatic rings. The summed E-state index contributed by atoms with van der Waals surface area (Å²) in [6.07, 6.45) is -3.20. The van der Waals surface area contributed by atoms with Crippen LogP contribution in [0.4, 0.5) is 0 Å². The van der Waals surface area contributed by atoms with Gasteiger partial charge in [0.15, 0.2) is 0 Å². The highest BCUT2D eigenvalue weighted by Gasteiger charge is 2.44. The first-order chi connectivity index (χ1) is 10.6. The molecule has 1 aromatic carbocycles. The summed E-state index contributed by atoms with van der Waals surface area (Å²) in [5.74, 6) is 0.394. The molecule has 22 heavy (non-hydrogen) atoms. The van der Waals surface area contributed by atoms with Crippen LogP contribution in [-0.4, -0.2) is 69.5 Å². The van der Waals surface area contributed by atoms with E-state index in [-0.39, 0.29) is 6.61 Å². The third-order valence-electron chi connectivity index (χ3n) is 3.40. The Morgan fingerprint density at radius 2 is 1.68 bits per heavy atom. The second-order valence-corrected chi connectivity index (χ2v) is 4.97. The van der Waals surface area contributed by atoms with Crippen LogP contribution in [0.5, 0.6) is 5.75 Å². The minimum Gasteiger partial charge on any atom is -0.462 e. The van der Waals surface area contributed by atoms with Gasteiger partial charge < -0.3 is 35.0 Å². The Hall–Kier alpha value is -1.48. The van der Waals surface area contributed by atoms with Crippen LogP contribution >= 0.6 is 0 Å². The predicted molar refractivity (Wildman–Crippen MR) is 77.0 cm³/mol. The highest BCUT2D eigenvalue weighted by Crippen LogP contribution is 2.24. The lowest BCUT2D eigenvalue weighted by atomic mass is 9.99. The van der Waals surface area contributed by atoms with Crippen LogP contribution in [0.25, 0.3) is 6.08 Å². The average Bonchev–Trinajstić information content (AvgIpc) is 2.54. The van der Waals surface area contributed by atoms with Gasteiger partial charge in [0, 0.05) is 0 Å². The Kier molecular flexibility index (Phi) is 5.90. The third kappa shape index (κ3) is 3.83. The summed E-state index contributed by atoms with van der Waals surface area (Å²) >= 11 is 0. The Morgan fingerprint density at radius 1 is 1.00 bits per heavy atom. The van der Waals surface area contributed by atoms with Crippen molar-refractivity contribution in [2.24, 2.45) is 0 Å². The molecule has 1 aliphatic heterocycles. The second kappa shape index (κ2) is 7.68. The van der Waals surface area contributed by atoms with Gasteiger partial charge in [-0.25, -0.2) is 0 Å². The minimum atomic E-state index is -1.47. The molecule has 0 unspecified atom stereocenters. The van der Waals surface area contributed by atoms with Gasteiger partial charge in [-0.2, -0.15) is 0 Å². The molecule has 1 heterocycles. The van der Waals surface area contributed by atoms with E-state index in [1.807, 2.05) is 0 Å². The third-order valence-corrected chi connectivity index (χ3v) is 3.40. The van der Waals surface area contributed by atoms with Gasteiger partial charge in [-0.3, -0.25) is 0 Å². The van der Waals surface area contributed by atoms with E-state index in [9.17, 15) is 15.3 Å². The van der Waals surface area contributed by atoms with Crippen LogP contribution in [-0.2, 0) is 4.74 Å². The zero-order valence-corrected chi connectivity index (χ0v) is 11.8. The smallest absolute Gasteiger partial charge is 0.229 e. The van der Waals surface area contributed by atoms with Crippen molar-refractivity contribution in [3.05, 3.63) is 35.9 Å². The van der Waals surface area contributed by atoms with Gasteiger partial charge >= 0.3 is 0 Å². The summed E-state index contributed by atoms with van der Waals surface area (Å²) in [6, 6.07) is 6.76. The van der Waals surface area contributed by atoms with Gasteiger partial charge in [0.2, 0.25) is 6.29 Å². The van der Waals surface area contributed by atoms with Crippen LogP contribution in [0, 0.1) is 0 Å². The van der Waals surface area contributed by atoms with E-state index in [4.69, 9.17) is 19.7 Å². The zero-order chi connectivity index (χ0) is 16.1. The quantitative estimate of drug-likeness (QED) is 0.467. The summed E-state index contributed by atoms with van der Waals surface area (Å²) in [4.78, 5) is 0. The fourth-order valence-corrected chi connectivity index (χ4v) is 2.15. The van der Waals surface area contributed by atoms with Crippen LogP contribution in [0.15, 0.2) is 30.3 Å². The van der Waals surface area contributed by atoms with Crippen LogP contribution in [0.1, 0.15) is 5.56 Å². The lowest BCUT2D eigenvalue weighted by Crippen LogP contribution is -2.60. The summed E-state index contributed by atoms with van der Waals surface area (Å²) in [6.45, 7) is -0.557. The van der Waals surface area contributed by atoms with E-state index in [0.717, 1.165) is 5.56 Å². The van der Waals surface area contributed by atoms with Gasteiger partial charge in [0.05, 0.1) is 13.2 Å². The standard InChI is InChI=1S/C15H20O7/c16-7-1-2-9-3-5-10(6-4-9)21-15-14(20)13(19)12(18)11(8-17)22-15/h1-6,11-20H,7-8H2/b2-1-/t11-,12-,13+,14-,15-/m1/s1. The molecule has 5 atom stereocenters. The summed E-state index contributed by atoms with van der Waals surface area (Å²) in [7, 11) is 0. The molecule has 7 heteroatoms. The first kappa shape index (κ1) is 16.9. The van der Waals surface area contributed by atoms with Crippen molar-refractivity contribution in [2.45, 2.75) is 30.7 Å². The van der Waals surface area contributed by atoms with E-state index in [0.29, 0.717) is 5.75 Å². The van der Waals surface area contributed by atoms with E-state index >= 15 is 0 Å². The summed E-state index contributed by atoms with van der Waals surface area (Å²) in [5.41, 5.74) is 0.857. The Labute approximate surface area is 127 Å². The lowest BCUT2D eigenvalue weighted by Gasteiger charge is -2.39. The molecule has 0 radical (unpaired) electrons. The molecule has 122 valence electrons. The molecule has 0 saturated carbocycles. The molecule has 0 amide bonds. The molecule has 5 N–H and O–H groups in total. The first-order valence-electron chi connectivity index (χ1n) is 6.91. The van der Waals surface area contributed by atoms with E-state index in [2.05, 4.69) is 0 Å². The van der Waals surface area contributed by atoms with Crippen LogP contribution in [0.2, 0.25) is 0 Å². The molecule has 7 nitrogen and oxygen atoms in total. The van der Waals surface area contributed by atoms with Crippen molar-refractivity contribution < 1.29 is 35.0 Å². The van der Waals surface area contributed by atoms with E-state index in [1.54, 1.807) is 36.4 Å². The molecular weight excluding hydrogens is 292 g/mol. The molecule has 1 fully saturated rings. The minimum absolute atomic E-state index is 0.0525. The molecule has 0 aromatic heterocycles. The van der Waals surface area contributed by atoms with Gasteiger partial charge in [-0.05, 0) is 17.7 Å². The lowest BCUT2D eigenvalue weighted by molar-refractivity contribution is -0.277. The molecule has 0 aliphatic carbocycles. The van der Waals surface area contributed by atoms with Crippen molar-refractivity contribution in [3.63, 3.8) is 0 Å². The summed E-state index contributed by atoms with van der Waals surface area (Å²) in [5, 5.41) is 47.0. The zero-order valence-electron chi connectivity index (χ0n) is 11.8. The second-order valence-electron chi connectivity index (χ2n) is 4.97. The number of benzene rings is 1. The van der Waals surface area contributed by atoms with Crippen molar-refractivity contribution in [1.29, 1.82) is 0 Å². The molecule has 1 aromatic rings. The van der Waals surface area contributed by atoms with Crippen LogP contribution < -0.4 is 4.74 Å². The highest BCUT2D eigenvalue weighted by molar-refractivity contribution is 5.50. The molecule has 1 saturated heterocycles. The molecule has 0 bridgehead atoms. The maximum atomic E-state index is 9.87. The monoisotopic (exact) mass is 312 g/mol. The Balaban J connectivity index is 2.04. The van der Waals surface area contributed by atoms with Gasteiger partial charge in [0.1, 0.15) is 30.2 Å². The fourth-order valence-electron chi connectivity index (χ4n) is 2.15. The maximum Gasteiger partial charge on any atom is 0.229 e. The van der Waals surface area contributed by atoms with Gasteiger partial charge in [-0.1, -0.05) is 24.3 Å². The maximum absolute atomic E-state index is 9.87. The number of hydrogen-bond acceptors (Lipinski definition) is 7. The van der Waals surface area contributed by atoms with Crippen molar-refractivity contribution in [2.75, 3.05) is 13.2 Å². The topological polar surface area (TPSA) is 120 Å². The Bertz CT molecular complexity index is 485. The number of ether oxygens (including phenoxy) is 2. The molecule has 0 spiro atoms. The molecule has 2 rings (SSSR count). The van der Waals surface area contributed by atoms with Crippen molar-refractivity contribution >= 4 is 6.08 Å². The van der Waals surface area contributed by atoms with E-state index < -0.39 is 37.3 Å². The van der Waals surface area contributed by atoms with E-state index in [1.165, 1.54) is 0 Å². The number of aliphatic hydroxyl groups excluding tert-OH is 5. The summed E-state index contributed by atoms with van der Waals surface area (Å²) < 4.78 is 10.7. The van der Waals surface area contributed by atoms with Crippen LogP contribution in [0.3, 0.4) is 0 Å². The highest BCUT2D eigenvalue weighted by atomic mass is 16.7. The SMILES string of the molecule is OC/C=C\c1ccc(O[C@@H]2O[C@H](CO)[C@@H](O)[C@H](O)[C@H]2O)cc1. The fraction of sp³-hybridized carbons (Fsp3) is 0.467. The Morgan fingerprint density at radius 3 is 2.27 bits per heavy atom. The van der Waals surface area contributed by atoms with Crippen molar-refractivity contribution in [3.8, 4) is 5.75 Å². The molecular formula is C15H20O7. The number of aliphatic hydroxyl groups is 5. The normalized spacial score (nSPS) is 32.3. The average molecular weight is 312 g/mol. The number of rotatable bonds is 5. The first-order valence-corrected chi connectivity index (χ1v) is 6.91. The number of hydrogen-bond donors (Lipinski definition) is 5. The van der Waals surface area contributed by atoms with Gasteiger partial charge in [0.25, 0.3) is 0 Å².